The first-order valence-corrected chi connectivity index (χ1v) is 9.18. The number of benzene rings is 1. The normalized spacial score (nSPS) is 22.5. The lowest BCUT2D eigenvalue weighted by molar-refractivity contribution is -0.133. The molecule has 1 N–H and O–H groups in total. The Bertz CT molecular complexity index is 705. The number of aryl methyl sites for hydroxylation is 1. The fourth-order valence-corrected chi connectivity index (χ4v) is 4.26. The van der Waals surface area contributed by atoms with Gasteiger partial charge in [-0.25, -0.2) is 8.42 Å². The minimum Gasteiger partial charge on any atom is -0.338 e. The molecular formula is C16H21N3O3S. The Kier molecular flexibility index (Phi) is 4.52. The van der Waals surface area contributed by atoms with Crippen LogP contribution in [0.5, 0.6) is 0 Å². The quantitative estimate of drug-likeness (QED) is 0.810. The summed E-state index contributed by atoms with van der Waals surface area (Å²) < 4.78 is 26.7. The lowest BCUT2D eigenvalue weighted by Gasteiger charge is -2.35. The zero-order valence-electron chi connectivity index (χ0n) is 13.1. The minimum absolute atomic E-state index is 0.0196. The summed E-state index contributed by atoms with van der Waals surface area (Å²) in [6.45, 7) is 4.15. The molecule has 1 fully saturated rings. The molecule has 1 saturated heterocycles. The predicted molar refractivity (Wildman–Crippen MR) is 87.4 cm³/mol. The van der Waals surface area contributed by atoms with Gasteiger partial charge in [0.25, 0.3) is 0 Å². The summed E-state index contributed by atoms with van der Waals surface area (Å²) in [5.41, 5.74) is 1.02. The third-order valence-electron chi connectivity index (χ3n) is 4.26. The molecule has 0 bridgehead atoms. The van der Waals surface area contributed by atoms with Gasteiger partial charge in [0.2, 0.25) is 15.9 Å². The average molecular weight is 335 g/mol. The third-order valence-corrected chi connectivity index (χ3v) is 6.17. The van der Waals surface area contributed by atoms with E-state index in [-0.39, 0.29) is 11.9 Å². The van der Waals surface area contributed by atoms with Crippen LogP contribution in [0.15, 0.2) is 41.3 Å². The van der Waals surface area contributed by atoms with Crippen LogP contribution in [0.3, 0.4) is 0 Å². The molecule has 23 heavy (non-hydrogen) atoms. The molecule has 0 spiro atoms. The van der Waals surface area contributed by atoms with E-state index >= 15 is 0 Å². The van der Waals surface area contributed by atoms with Crippen molar-refractivity contribution in [2.45, 2.75) is 17.9 Å². The summed E-state index contributed by atoms with van der Waals surface area (Å²) in [6.07, 6.45) is 3.79. The van der Waals surface area contributed by atoms with Gasteiger partial charge < -0.3 is 4.90 Å². The smallest absolute Gasteiger partial charge is 0.243 e. The van der Waals surface area contributed by atoms with Crippen molar-refractivity contribution in [2.75, 3.05) is 32.7 Å². The Morgan fingerprint density at radius 1 is 1.13 bits per heavy atom. The molecule has 1 aromatic carbocycles. The predicted octanol–water partition coefficient (Wildman–Crippen LogP) is 0.356. The number of hydrogen-bond acceptors (Lipinski definition) is 4. The van der Waals surface area contributed by atoms with Crippen LogP contribution in [0.2, 0.25) is 0 Å². The Morgan fingerprint density at radius 2 is 1.78 bits per heavy atom. The molecule has 7 heteroatoms. The van der Waals surface area contributed by atoms with E-state index < -0.39 is 10.0 Å². The maximum Gasteiger partial charge on any atom is 0.243 e. The lowest BCUT2D eigenvalue weighted by atomic mass is 10.2. The van der Waals surface area contributed by atoms with Crippen molar-refractivity contribution in [2.24, 2.45) is 0 Å². The fourth-order valence-electron chi connectivity index (χ4n) is 2.84. The van der Waals surface area contributed by atoms with Gasteiger partial charge in [-0.3, -0.25) is 10.1 Å². The monoisotopic (exact) mass is 335 g/mol. The van der Waals surface area contributed by atoms with Gasteiger partial charge in [0.05, 0.1) is 4.90 Å². The molecule has 1 atom stereocenters. The number of sulfonamides is 1. The van der Waals surface area contributed by atoms with Gasteiger partial charge in [0, 0.05) is 32.7 Å². The van der Waals surface area contributed by atoms with Crippen molar-refractivity contribution in [1.29, 1.82) is 0 Å². The summed E-state index contributed by atoms with van der Waals surface area (Å²) >= 11 is 0. The van der Waals surface area contributed by atoms with Crippen LogP contribution in [0.4, 0.5) is 0 Å². The Balaban J connectivity index is 1.65. The molecule has 3 rings (SSSR count). The highest BCUT2D eigenvalue weighted by Gasteiger charge is 2.32. The van der Waals surface area contributed by atoms with E-state index in [2.05, 4.69) is 5.32 Å². The van der Waals surface area contributed by atoms with Gasteiger partial charge in [-0.2, -0.15) is 4.31 Å². The Hall–Kier alpha value is -1.70. The van der Waals surface area contributed by atoms with Crippen LogP contribution in [0.25, 0.3) is 0 Å². The van der Waals surface area contributed by atoms with Crippen LogP contribution in [-0.2, 0) is 14.8 Å². The summed E-state index contributed by atoms with van der Waals surface area (Å²) in [6, 6.07) is 6.59. The van der Waals surface area contributed by atoms with E-state index in [0.717, 1.165) is 5.56 Å². The standard InChI is InChI=1S/C16H21N3O3S/c1-13-4-6-14(7-5-13)23(21,22)19-11-9-18(10-12-19)16(20)15-3-2-8-17-15/h2-7,15,17H,8-12H2,1H3/t15-/m1/s1. The lowest BCUT2D eigenvalue weighted by Crippen LogP contribution is -2.54. The van der Waals surface area contributed by atoms with Crippen molar-refractivity contribution in [1.82, 2.24) is 14.5 Å². The second-order valence-electron chi connectivity index (χ2n) is 5.86. The number of nitrogens with zero attached hydrogens (tertiary/aromatic N) is 2. The SMILES string of the molecule is Cc1ccc(S(=O)(=O)N2CCN(C(=O)[C@H]3C=CCN3)CC2)cc1. The zero-order valence-corrected chi connectivity index (χ0v) is 13.9. The van der Waals surface area contributed by atoms with Gasteiger partial charge >= 0.3 is 0 Å². The molecule has 2 heterocycles. The maximum absolute atomic E-state index is 12.6. The molecule has 0 aliphatic carbocycles. The molecule has 124 valence electrons. The first kappa shape index (κ1) is 16.2. The van der Waals surface area contributed by atoms with E-state index in [1.807, 2.05) is 19.1 Å². The largest absolute Gasteiger partial charge is 0.338 e. The molecule has 1 aromatic rings. The second kappa shape index (κ2) is 6.43. The number of carbonyl (C=O) groups excluding carboxylic acids is 1. The minimum atomic E-state index is -3.48. The van der Waals surface area contributed by atoms with Crippen LogP contribution in [0.1, 0.15) is 5.56 Å². The van der Waals surface area contributed by atoms with Gasteiger partial charge in [0.1, 0.15) is 6.04 Å². The van der Waals surface area contributed by atoms with Crippen molar-refractivity contribution in [3.63, 3.8) is 0 Å². The number of piperazine rings is 1. The highest BCUT2D eigenvalue weighted by Crippen LogP contribution is 2.18. The van der Waals surface area contributed by atoms with E-state index in [4.69, 9.17) is 0 Å². The van der Waals surface area contributed by atoms with E-state index in [0.29, 0.717) is 37.6 Å². The highest BCUT2D eigenvalue weighted by molar-refractivity contribution is 7.89. The van der Waals surface area contributed by atoms with E-state index in [1.165, 1.54) is 4.31 Å². The summed E-state index contributed by atoms with van der Waals surface area (Å²) in [5.74, 6) is 0.0196. The molecule has 0 aromatic heterocycles. The highest BCUT2D eigenvalue weighted by atomic mass is 32.2. The maximum atomic E-state index is 12.6. The van der Waals surface area contributed by atoms with Gasteiger partial charge in [-0.05, 0) is 19.1 Å². The average Bonchev–Trinajstić information content (AvgIpc) is 3.09. The molecule has 0 unspecified atom stereocenters. The number of carbonyl (C=O) groups is 1. The second-order valence-corrected chi connectivity index (χ2v) is 7.79. The molecular weight excluding hydrogens is 314 g/mol. The number of hydrogen-bond donors (Lipinski definition) is 1. The zero-order chi connectivity index (χ0) is 16.4. The molecule has 0 saturated carbocycles. The van der Waals surface area contributed by atoms with E-state index in [9.17, 15) is 13.2 Å². The Labute approximate surface area is 136 Å². The van der Waals surface area contributed by atoms with Gasteiger partial charge in [0.15, 0.2) is 0 Å². The summed E-state index contributed by atoms with van der Waals surface area (Å²) in [4.78, 5) is 14.3. The van der Waals surface area contributed by atoms with Crippen molar-refractivity contribution in [3.8, 4) is 0 Å². The van der Waals surface area contributed by atoms with Crippen LogP contribution >= 0.6 is 0 Å². The van der Waals surface area contributed by atoms with E-state index in [1.54, 1.807) is 29.2 Å². The summed E-state index contributed by atoms with van der Waals surface area (Å²) in [7, 11) is -3.48. The van der Waals surface area contributed by atoms with Crippen LogP contribution in [-0.4, -0.2) is 62.3 Å². The van der Waals surface area contributed by atoms with Gasteiger partial charge in [-0.15, -0.1) is 0 Å². The van der Waals surface area contributed by atoms with Crippen molar-refractivity contribution in [3.05, 3.63) is 42.0 Å². The Morgan fingerprint density at radius 3 is 2.35 bits per heavy atom. The van der Waals surface area contributed by atoms with Crippen molar-refractivity contribution < 1.29 is 13.2 Å². The van der Waals surface area contributed by atoms with Gasteiger partial charge in [-0.1, -0.05) is 29.8 Å². The first-order chi connectivity index (χ1) is 11.0. The van der Waals surface area contributed by atoms with Crippen LogP contribution < -0.4 is 5.32 Å². The number of amides is 1. The fraction of sp³-hybridized carbons (Fsp3) is 0.438. The molecule has 2 aliphatic rings. The number of nitrogens with one attached hydrogen (secondary N) is 1. The first-order valence-electron chi connectivity index (χ1n) is 7.74. The molecule has 2 aliphatic heterocycles. The summed E-state index contributed by atoms with van der Waals surface area (Å²) in [5, 5.41) is 3.09. The molecule has 1 amide bonds. The van der Waals surface area contributed by atoms with Crippen molar-refractivity contribution >= 4 is 15.9 Å². The third kappa shape index (κ3) is 3.31. The van der Waals surface area contributed by atoms with Crippen LogP contribution in [0, 0.1) is 6.92 Å². The molecule has 0 radical (unpaired) electrons. The topological polar surface area (TPSA) is 69.7 Å². The molecule has 6 nitrogen and oxygen atoms in total. The number of rotatable bonds is 3.